The van der Waals surface area contributed by atoms with Crippen LogP contribution in [0, 0.1) is 5.82 Å². The molecule has 1 aromatic rings. The standard InChI is InChI=1S/C10H13ClFNO/c1-7(14)5-13-6-8-2-3-9(12)4-10(8)11/h2-4,7,13-14H,5-6H2,1H3/t7-/m1/s1. The Bertz CT molecular complexity index is 304. The van der Waals surface area contributed by atoms with Crippen LogP contribution in [0.15, 0.2) is 18.2 Å². The van der Waals surface area contributed by atoms with Crippen LogP contribution in [-0.4, -0.2) is 17.8 Å². The van der Waals surface area contributed by atoms with Crippen LogP contribution in [0.2, 0.25) is 5.02 Å². The molecule has 0 fully saturated rings. The van der Waals surface area contributed by atoms with Crippen molar-refractivity contribution in [2.24, 2.45) is 0 Å². The molecule has 0 aliphatic rings. The van der Waals surface area contributed by atoms with Crippen molar-refractivity contribution in [1.29, 1.82) is 0 Å². The van der Waals surface area contributed by atoms with Gasteiger partial charge in [-0.15, -0.1) is 0 Å². The van der Waals surface area contributed by atoms with Crippen molar-refractivity contribution in [2.45, 2.75) is 19.6 Å². The number of aliphatic hydroxyl groups excluding tert-OH is 1. The molecule has 0 aliphatic heterocycles. The highest BCUT2D eigenvalue weighted by Gasteiger charge is 2.02. The molecule has 0 aromatic heterocycles. The van der Waals surface area contributed by atoms with E-state index >= 15 is 0 Å². The molecule has 0 amide bonds. The normalized spacial score (nSPS) is 12.9. The van der Waals surface area contributed by atoms with Gasteiger partial charge >= 0.3 is 0 Å². The monoisotopic (exact) mass is 217 g/mol. The number of nitrogens with one attached hydrogen (secondary N) is 1. The summed E-state index contributed by atoms with van der Waals surface area (Å²) in [6, 6.07) is 4.28. The van der Waals surface area contributed by atoms with Crippen molar-refractivity contribution in [3.05, 3.63) is 34.6 Å². The average Bonchev–Trinajstić information content (AvgIpc) is 2.08. The number of halogens is 2. The summed E-state index contributed by atoms with van der Waals surface area (Å²) >= 11 is 5.80. The van der Waals surface area contributed by atoms with E-state index in [-0.39, 0.29) is 5.82 Å². The topological polar surface area (TPSA) is 32.3 Å². The van der Waals surface area contributed by atoms with Crippen LogP contribution < -0.4 is 5.32 Å². The van der Waals surface area contributed by atoms with Crippen LogP contribution in [0.25, 0.3) is 0 Å². The first-order valence-corrected chi connectivity index (χ1v) is 4.80. The lowest BCUT2D eigenvalue weighted by atomic mass is 10.2. The number of rotatable bonds is 4. The molecule has 78 valence electrons. The van der Waals surface area contributed by atoms with Crippen LogP contribution in [0.4, 0.5) is 4.39 Å². The molecule has 0 unspecified atom stereocenters. The van der Waals surface area contributed by atoms with Crippen LogP contribution >= 0.6 is 11.6 Å². The van der Waals surface area contributed by atoms with E-state index in [4.69, 9.17) is 16.7 Å². The van der Waals surface area contributed by atoms with E-state index in [9.17, 15) is 4.39 Å². The van der Waals surface area contributed by atoms with Crippen LogP contribution in [0.3, 0.4) is 0 Å². The molecule has 1 atom stereocenters. The highest BCUT2D eigenvalue weighted by molar-refractivity contribution is 6.31. The fraction of sp³-hybridized carbons (Fsp3) is 0.400. The van der Waals surface area contributed by atoms with Crippen molar-refractivity contribution in [2.75, 3.05) is 6.54 Å². The smallest absolute Gasteiger partial charge is 0.124 e. The lowest BCUT2D eigenvalue weighted by Gasteiger charge is -2.08. The fourth-order valence-corrected chi connectivity index (χ4v) is 1.31. The Balaban J connectivity index is 2.51. The predicted molar refractivity (Wildman–Crippen MR) is 54.8 cm³/mol. The van der Waals surface area contributed by atoms with Gasteiger partial charge in [-0.1, -0.05) is 17.7 Å². The Hall–Kier alpha value is -0.640. The van der Waals surface area contributed by atoms with Crippen molar-refractivity contribution >= 4 is 11.6 Å². The van der Waals surface area contributed by atoms with E-state index in [1.54, 1.807) is 13.0 Å². The van der Waals surface area contributed by atoms with Crippen LogP contribution in [-0.2, 0) is 6.54 Å². The summed E-state index contributed by atoms with van der Waals surface area (Å²) in [7, 11) is 0. The summed E-state index contributed by atoms with van der Waals surface area (Å²) in [4.78, 5) is 0. The molecule has 0 aliphatic carbocycles. The average molecular weight is 218 g/mol. The molecular weight excluding hydrogens is 205 g/mol. The Morgan fingerprint density at radius 3 is 2.86 bits per heavy atom. The second-order valence-electron chi connectivity index (χ2n) is 3.22. The second-order valence-corrected chi connectivity index (χ2v) is 3.62. The first-order valence-electron chi connectivity index (χ1n) is 4.42. The Morgan fingerprint density at radius 1 is 1.57 bits per heavy atom. The van der Waals surface area contributed by atoms with Gasteiger partial charge in [-0.2, -0.15) is 0 Å². The van der Waals surface area contributed by atoms with E-state index < -0.39 is 6.10 Å². The maximum Gasteiger partial charge on any atom is 0.124 e. The van der Waals surface area contributed by atoms with Gasteiger partial charge in [-0.3, -0.25) is 0 Å². The van der Waals surface area contributed by atoms with Gasteiger partial charge in [0.05, 0.1) is 6.10 Å². The summed E-state index contributed by atoms with van der Waals surface area (Å²) < 4.78 is 12.7. The zero-order chi connectivity index (χ0) is 10.6. The Kier molecular flexibility index (Phi) is 4.32. The first-order chi connectivity index (χ1) is 6.59. The summed E-state index contributed by atoms with van der Waals surface area (Å²) in [6.07, 6.45) is -0.394. The number of hydrogen-bond donors (Lipinski definition) is 2. The quantitative estimate of drug-likeness (QED) is 0.808. The van der Waals surface area contributed by atoms with Gasteiger partial charge in [0.1, 0.15) is 5.82 Å². The van der Waals surface area contributed by atoms with Gasteiger partial charge in [0.15, 0.2) is 0 Å². The SMILES string of the molecule is C[C@@H](O)CNCc1ccc(F)cc1Cl. The minimum absolute atomic E-state index is 0.339. The summed E-state index contributed by atoms with van der Waals surface area (Å²) in [5.74, 6) is -0.339. The van der Waals surface area contributed by atoms with Crippen molar-refractivity contribution in [1.82, 2.24) is 5.32 Å². The van der Waals surface area contributed by atoms with Crippen molar-refractivity contribution in [3.63, 3.8) is 0 Å². The number of hydrogen-bond acceptors (Lipinski definition) is 2. The molecule has 0 saturated heterocycles. The highest BCUT2D eigenvalue weighted by Crippen LogP contribution is 2.16. The Labute approximate surface area is 87.7 Å². The van der Waals surface area contributed by atoms with E-state index in [0.717, 1.165) is 5.56 Å². The van der Waals surface area contributed by atoms with Gasteiger partial charge in [0, 0.05) is 18.1 Å². The van der Waals surface area contributed by atoms with Crippen LogP contribution in [0.1, 0.15) is 12.5 Å². The second kappa shape index (κ2) is 5.29. The molecule has 0 saturated carbocycles. The minimum atomic E-state index is -0.394. The third-order valence-electron chi connectivity index (χ3n) is 1.77. The maximum atomic E-state index is 12.7. The van der Waals surface area contributed by atoms with E-state index in [2.05, 4.69) is 5.32 Å². The zero-order valence-electron chi connectivity index (χ0n) is 7.93. The molecule has 2 N–H and O–H groups in total. The highest BCUT2D eigenvalue weighted by atomic mass is 35.5. The molecular formula is C10H13ClFNO. The molecule has 0 spiro atoms. The van der Waals surface area contributed by atoms with Gasteiger partial charge in [0.2, 0.25) is 0 Å². The van der Waals surface area contributed by atoms with E-state index in [0.29, 0.717) is 18.1 Å². The Morgan fingerprint density at radius 2 is 2.29 bits per heavy atom. The van der Waals surface area contributed by atoms with Gasteiger partial charge in [-0.25, -0.2) is 4.39 Å². The van der Waals surface area contributed by atoms with E-state index in [1.165, 1.54) is 12.1 Å². The molecule has 2 nitrogen and oxygen atoms in total. The lowest BCUT2D eigenvalue weighted by Crippen LogP contribution is -2.23. The van der Waals surface area contributed by atoms with Gasteiger partial charge < -0.3 is 10.4 Å². The van der Waals surface area contributed by atoms with Crippen LogP contribution in [0.5, 0.6) is 0 Å². The summed E-state index contributed by atoms with van der Waals surface area (Å²) in [5.41, 5.74) is 0.828. The van der Waals surface area contributed by atoms with Crippen molar-refractivity contribution < 1.29 is 9.50 Å². The number of benzene rings is 1. The third kappa shape index (κ3) is 3.62. The number of aliphatic hydroxyl groups is 1. The van der Waals surface area contributed by atoms with Gasteiger partial charge in [-0.05, 0) is 24.6 Å². The van der Waals surface area contributed by atoms with Gasteiger partial charge in [0.25, 0.3) is 0 Å². The first kappa shape index (κ1) is 11.4. The lowest BCUT2D eigenvalue weighted by molar-refractivity contribution is 0.191. The minimum Gasteiger partial charge on any atom is -0.392 e. The molecule has 14 heavy (non-hydrogen) atoms. The molecule has 1 aromatic carbocycles. The third-order valence-corrected chi connectivity index (χ3v) is 2.12. The zero-order valence-corrected chi connectivity index (χ0v) is 8.68. The molecule has 1 rings (SSSR count). The summed E-state index contributed by atoms with van der Waals surface area (Å²) in [6.45, 7) is 2.72. The molecule has 0 bridgehead atoms. The predicted octanol–water partition coefficient (Wildman–Crippen LogP) is 1.95. The van der Waals surface area contributed by atoms with Crippen molar-refractivity contribution in [3.8, 4) is 0 Å². The largest absolute Gasteiger partial charge is 0.392 e. The molecule has 0 heterocycles. The maximum absolute atomic E-state index is 12.7. The molecule has 4 heteroatoms. The van der Waals surface area contributed by atoms with E-state index in [1.807, 2.05) is 0 Å². The summed E-state index contributed by atoms with van der Waals surface area (Å²) in [5, 5.41) is 12.4. The molecule has 0 radical (unpaired) electrons. The fourth-order valence-electron chi connectivity index (χ4n) is 1.08.